The van der Waals surface area contributed by atoms with E-state index in [1.54, 1.807) is 0 Å². The molecule has 2 aliphatic rings. The van der Waals surface area contributed by atoms with Crippen molar-refractivity contribution < 1.29 is 4.74 Å². The van der Waals surface area contributed by atoms with Crippen LogP contribution in [0.3, 0.4) is 0 Å². The Morgan fingerprint density at radius 3 is 2.70 bits per heavy atom. The number of halogens is 1. The minimum absolute atomic E-state index is 0. The van der Waals surface area contributed by atoms with Crippen LogP contribution in [-0.2, 0) is 17.9 Å². The molecule has 180 valence electrons. The van der Waals surface area contributed by atoms with E-state index in [2.05, 4.69) is 63.4 Å². The van der Waals surface area contributed by atoms with Gasteiger partial charge in [-0.25, -0.2) is 9.98 Å². The molecule has 0 amide bonds. The maximum atomic E-state index is 5.99. The normalized spacial score (nSPS) is 18.8. The maximum absolute atomic E-state index is 5.99. The van der Waals surface area contributed by atoms with Crippen molar-refractivity contribution in [2.24, 2.45) is 10.9 Å². The first-order valence-corrected chi connectivity index (χ1v) is 12.2. The number of likely N-dealkylation sites (tertiary alicyclic amines) is 1. The Hall–Kier alpha value is -1.87. The Labute approximate surface area is 215 Å². The smallest absolute Gasteiger partial charge is 0.194 e. The van der Waals surface area contributed by atoms with Gasteiger partial charge in [-0.15, -0.1) is 24.0 Å². The summed E-state index contributed by atoms with van der Waals surface area (Å²) in [6.45, 7) is 9.43. The summed E-state index contributed by atoms with van der Waals surface area (Å²) < 4.78 is 5.99. The molecule has 1 aromatic carbocycles. The highest BCUT2D eigenvalue weighted by Gasteiger charge is 2.25. The first-order valence-electron chi connectivity index (χ1n) is 12.2. The molecule has 2 aliphatic heterocycles. The summed E-state index contributed by atoms with van der Waals surface area (Å²) in [5.41, 5.74) is 2.46. The summed E-state index contributed by atoms with van der Waals surface area (Å²) in [6.07, 6.45) is 6.94. The molecule has 33 heavy (non-hydrogen) atoms. The predicted octanol–water partition coefficient (Wildman–Crippen LogP) is 4.69. The molecule has 0 aliphatic carbocycles. The van der Waals surface area contributed by atoms with E-state index >= 15 is 0 Å². The average Bonchev–Trinajstić information content (AvgIpc) is 3.32. The van der Waals surface area contributed by atoms with Gasteiger partial charge in [0.05, 0.1) is 19.8 Å². The third kappa shape index (κ3) is 7.84. The predicted molar refractivity (Wildman–Crippen MR) is 146 cm³/mol. The molecule has 0 radical (unpaired) electrons. The lowest BCUT2D eigenvalue weighted by atomic mass is 10.1. The minimum atomic E-state index is 0. The number of nitrogens with zero attached hydrogens (tertiary/aromatic N) is 4. The van der Waals surface area contributed by atoms with Crippen molar-refractivity contribution in [3.8, 4) is 0 Å². The number of rotatable bonds is 8. The average molecular weight is 564 g/mol. The quantitative estimate of drug-likeness (QED) is 0.287. The third-order valence-corrected chi connectivity index (χ3v) is 6.29. The number of hydrogen-bond acceptors (Lipinski definition) is 4. The topological polar surface area (TPSA) is 53.0 Å². The van der Waals surface area contributed by atoms with Crippen molar-refractivity contribution >= 4 is 35.8 Å². The SMILES string of the molecule is CCNC(=NCc1ccnc(N2CCCCC2)c1)N1CCC(COCc2ccccc2)C1.I. The highest BCUT2D eigenvalue weighted by Crippen LogP contribution is 2.20. The second-order valence-electron chi connectivity index (χ2n) is 8.84. The standard InChI is InChI=1S/C26H37N5O.HI/c1-2-27-26(29-18-23-11-13-28-25(17-23)30-14-7-4-8-15-30)31-16-12-24(19-31)21-32-20-22-9-5-3-6-10-22;/h3,5-6,9-11,13,17,24H,2,4,7-8,12,14-16,18-21H2,1H3,(H,27,29);1H. The Morgan fingerprint density at radius 2 is 1.91 bits per heavy atom. The first-order chi connectivity index (χ1) is 15.8. The highest BCUT2D eigenvalue weighted by molar-refractivity contribution is 14.0. The van der Waals surface area contributed by atoms with Crippen molar-refractivity contribution in [2.75, 3.05) is 44.2 Å². The number of aromatic nitrogens is 1. The zero-order valence-corrected chi connectivity index (χ0v) is 22.1. The molecule has 1 unspecified atom stereocenters. The Kier molecular flexibility index (Phi) is 10.7. The molecule has 1 aromatic heterocycles. The van der Waals surface area contributed by atoms with Gasteiger partial charge >= 0.3 is 0 Å². The highest BCUT2D eigenvalue weighted by atomic mass is 127. The van der Waals surface area contributed by atoms with Gasteiger partial charge in [0.1, 0.15) is 5.82 Å². The summed E-state index contributed by atoms with van der Waals surface area (Å²) >= 11 is 0. The van der Waals surface area contributed by atoms with Gasteiger partial charge in [-0.05, 0) is 55.9 Å². The molecule has 4 rings (SSSR count). The molecule has 2 fully saturated rings. The van der Waals surface area contributed by atoms with Crippen molar-refractivity contribution in [3.05, 3.63) is 59.8 Å². The lowest BCUT2D eigenvalue weighted by molar-refractivity contribution is 0.0906. The third-order valence-electron chi connectivity index (χ3n) is 6.29. The van der Waals surface area contributed by atoms with E-state index in [0.29, 0.717) is 19.1 Å². The Balaban J connectivity index is 0.00000306. The van der Waals surface area contributed by atoms with Gasteiger partial charge in [0.2, 0.25) is 0 Å². The molecule has 7 heteroatoms. The van der Waals surface area contributed by atoms with Crippen molar-refractivity contribution in [3.63, 3.8) is 0 Å². The van der Waals surface area contributed by atoms with Crippen LogP contribution in [0.15, 0.2) is 53.7 Å². The Morgan fingerprint density at radius 1 is 1.09 bits per heavy atom. The van der Waals surface area contributed by atoms with Gasteiger partial charge in [0, 0.05) is 44.8 Å². The van der Waals surface area contributed by atoms with Gasteiger partial charge in [-0.2, -0.15) is 0 Å². The molecule has 0 bridgehead atoms. The minimum Gasteiger partial charge on any atom is -0.376 e. The van der Waals surface area contributed by atoms with E-state index < -0.39 is 0 Å². The van der Waals surface area contributed by atoms with Crippen LogP contribution in [0.5, 0.6) is 0 Å². The number of ether oxygens (including phenoxy) is 1. The lowest BCUT2D eigenvalue weighted by Gasteiger charge is -2.27. The summed E-state index contributed by atoms with van der Waals surface area (Å²) in [6, 6.07) is 14.7. The number of nitrogens with one attached hydrogen (secondary N) is 1. The van der Waals surface area contributed by atoms with Crippen LogP contribution in [0, 0.1) is 5.92 Å². The number of hydrogen-bond donors (Lipinski definition) is 1. The summed E-state index contributed by atoms with van der Waals surface area (Å²) in [5, 5.41) is 3.48. The van der Waals surface area contributed by atoms with Crippen LogP contribution < -0.4 is 10.2 Å². The molecule has 3 heterocycles. The molecule has 0 saturated carbocycles. The van der Waals surface area contributed by atoms with Crippen molar-refractivity contribution in [1.29, 1.82) is 0 Å². The van der Waals surface area contributed by atoms with Crippen molar-refractivity contribution in [2.45, 2.75) is 45.8 Å². The van der Waals surface area contributed by atoms with E-state index in [1.165, 1.54) is 30.4 Å². The molecule has 6 nitrogen and oxygen atoms in total. The largest absolute Gasteiger partial charge is 0.376 e. The van der Waals surface area contributed by atoms with Gasteiger partial charge < -0.3 is 19.9 Å². The van der Waals surface area contributed by atoms with Gasteiger partial charge in [0.25, 0.3) is 0 Å². The number of anilines is 1. The summed E-state index contributed by atoms with van der Waals surface area (Å²) in [4.78, 5) is 14.3. The van der Waals surface area contributed by atoms with Crippen LogP contribution in [0.25, 0.3) is 0 Å². The lowest BCUT2D eigenvalue weighted by Crippen LogP contribution is -2.40. The van der Waals surface area contributed by atoms with Crippen molar-refractivity contribution in [1.82, 2.24) is 15.2 Å². The van der Waals surface area contributed by atoms with Gasteiger partial charge in [0.15, 0.2) is 5.96 Å². The monoisotopic (exact) mass is 563 g/mol. The van der Waals surface area contributed by atoms with E-state index in [9.17, 15) is 0 Å². The second kappa shape index (κ2) is 13.7. The molecular formula is C26H38IN5O. The van der Waals surface area contributed by atoms with E-state index in [-0.39, 0.29) is 24.0 Å². The van der Waals surface area contributed by atoms with E-state index in [0.717, 1.165) is 57.5 Å². The molecule has 0 spiro atoms. The maximum Gasteiger partial charge on any atom is 0.194 e. The number of pyridine rings is 1. The molecular weight excluding hydrogens is 525 g/mol. The Bertz CT molecular complexity index is 857. The first kappa shape index (κ1) is 25.7. The van der Waals surface area contributed by atoms with Crippen LogP contribution in [0.4, 0.5) is 5.82 Å². The van der Waals surface area contributed by atoms with Gasteiger partial charge in [-0.3, -0.25) is 0 Å². The zero-order valence-electron chi connectivity index (χ0n) is 19.8. The number of piperidine rings is 1. The fraction of sp³-hybridized carbons (Fsp3) is 0.538. The second-order valence-corrected chi connectivity index (χ2v) is 8.84. The number of aliphatic imine (C=N–C) groups is 1. The van der Waals surface area contributed by atoms with Crippen LogP contribution >= 0.6 is 24.0 Å². The number of guanidine groups is 1. The van der Waals surface area contributed by atoms with E-state index in [4.69, 9.17) is 9.73 Å². The molecule has 1 N–H and O–H groups in total. The molecule has 1 atom stereocenters. The molecule has 2 saturated heterocycles. The summed E-state index contributed by atoms with van der Waals surface area (Å²) in [7, 11) is 0. The van der Waals surface area contributed by atoms with Crippen LogP contribution in [0.2, 0.25) is 0 Å². The van der Waals surface area contributed by atoms with E-state index in [1.807, 2.05) is 12.3 Å². The number of benzene rings is 1. The fourth-order valence-electron chi connectivity index (χ4n) is 4.53. The van der Waals surface area contributed by atoms with Crippen LogP contribution in [0.1, 0.15) is 43.7 Å². The summed E-state index contributed by atoms with van der Waals surface area (Å²) in [5.74, 6) is 2.66. The zero-order chi connectivity index (χ0) is 22.0. The van der Waals surface area contributed by atoms with Crippen LogP contribution in [-0.4, -0.2) is 55.2 Å². The molecule has 2 aromatic rings. The van der Waals surface area contributed by atoms with Gasteiger partial charge in [-0.1, -0.05) is 30.3 Å². The fourth-order valence-corrected chi connectivity index (χ4v) is 4.53.